The van der Waals surface area contributed by atoms with Crippen molar-refractivity contribution >= 4 is 15.9 Å². The molecule has 0 amide bonds. The fourth-order valence-corrected chi connectivity index (χ4v) is 3.59. The lowest BCUT2D eigenvalue weighted by Crippen LogP contribution is -2.28. The molecule has 1 aromatic rings. The summed E-state index contributed by atoms with van der Waals surface area (Å²) in [6.07, 6.45) is 9.46. The van der Waals surface area contributed by atoms with Gasteiger partial charge in [-0.3, -0.25) is 0 Å². The first-order valence-electron chi connectivity index (χ1n) is 7.72. The van der Waals surface area contributed by atoms with E-state index in [4.69, 9.17) is 4.74 Å². The van der Waals surface area contributed by atoms with Crippen LogP contribution in [0.2, 0.25) is 0 Å². The molecular formula is C17H26BrNO. The molecule has 1 saturated carbocycles. The van der Waals surface area contributed by atoms with Gasteiger partial charge in [-0.2, -0.15) is 0 Å². The molecule has 2 rings (SSSR count). The standard InChI is InChI=1S/C17H26BrNO/c1-19-15(8-7-13-5-3-4-6-13)11-14-12-16(20-2)9-10-17(14)18/h9-10,12-13,15,19H,3-8,11H2,1-2H3. The summed E-state index contributed by atoms with van der Waals surface area (Å²) in [5.41, 5.74) is 1.33. The summed E-state index contributed by atoms with van der Waals surface area (Å²) in [7, 11) is 3.80. The molecule has 1 unspecified atom stereocenters. The van der Waals surface area contributed by atoms with Crippen molar-refractivity contribution in [3.8, 4) is 5.75 Å². The molecule has 0 spiro atoms. The van der Waals surface area contributed by atoms with Crippen LogP contribution in [-0.2, 0) is 6.42 Å². The van der Waals surface area contributed by atoms with E-state index in [9.17, 15) is 0 Å². The lowest BCUT2D eigenvalue weighted by atomic mass is 9.95. The molecule has 0 bridgehead atoms. The maximum atomic E-state index is 5.33. The first kappa shape index (κ1) is 15.8. The van der Waals surface area contributed by atoms with Crippen molar-refractivity contribution in [2.75, 3.05) is 14.2 Å². The minimum Gasteiger partial charge on any atom is -0.497 e. The third kappa shape index (κ3) is 4.49. The molecule has 0 heterocycles. The van der Waals surface area contributed by atoms with Crippen molar-refractivity contribution in [1.29, 1.82) is 0 Å². The first-order valence-corrected chi connectivity index (χ1v) is 8.52. The summed E-state index contributed by atoms with van der Waals surface area (Å²) >= 11 is 3.65. The highest BCUT2D eigenvalue weighted by Gasteiger charge is 2.17. The van der Waals surface area contributed by atoms with E-state index in [0.717, 1.165) is 18.1 Å². The van der Waals surface area contributed by atoms with E-state index in [1.54, 1.807) is 7.11 Å². The number of nitrogens with one attached hydrogen (secondary N) is 1. The second kappa shape index (κ2) is 8.04. The van der Waals surface area contributed by atoms with Gasteiger partial charge in [-0.25, -0.2) is 0 Å². The topological polar surface area (TPSA) is 21.3 Å². The smallest absolute Gasteiger partial charge is 0.119 e. The van der Waals surface area contributed by atoms with Crippen LogP contribution in [0, 0.1) is 5.92 Å². The van der Waals surface area contributed by atoms with E-state index in [1.807, 2.05) is 6.07 Å². The zero-order valence-electron chi connectivity index (χ0n) is 12.6. The maximum absolute atomic E-state index is 5.33. The van der Waals surface area contributed by atoms with Gasteiger partial charge in [0.25, 0.3) is 0 Å². The minimum atomic E-state index is 0.555. The molecule has 112 valence electrons. The Labute approximate surface area is 131 Å². The average molecular weight is 340 g/mol. The van der Waals surface area contributed by atoms with Crippen molar-refractivity contribution in [3.63, 3.8) is 0 Å². The Morgan fingerprint density at radius 2 is 2.10 bits per heavy atom. The maximum Gasteiger partial charge on any atom is 0.119 e. The van der Waals surface area contributed by atoms with Crippen LogP contribution < -0.4 is 10.1 Å². The quantitative estimate of drug-likeness (QED) is 0.786. The van der Waals surface area contributed by atoms with Crippen molar-refractivity contribution in [2.45, 2.75) is 51.0 Å². The molecule has 1 atom stereocenters. The molecule has 0 radical (unpaired) electrons. The Bertz CT molecular complexity index is 415. The third-order valence-electron chi connectivity index (χ3n) is 4.53. The third-order valence-corrected chi connectivity index (χ3v) is 5.30. The van der Waals surface area contributed by atoms with E-state index in [-0.39, 0.29) is 0 Å². The van der Waals surface area contributed by atoms with Crippen LogP contribution in [0.25, 0.3) is 0 Å². The van der Waals surface area contributed by atoms with E-state index in [1.165, 1.54) is 48.6 Å². The Morgan fingerprint density at radius 1 is 1.35 bits per heavy atom. The summed E-state index contributed by atoms with van der Waals surface area (Å²) in [6.45, 7) is 0. The number of halogens is 1. The largest absolute Gasteiger partial charge is 0.497 e. The van der Waals surface area contributed by atoms with Gasteiger partial charge in [-0.05, 0) is 56.0 Å². The van der Waals surface area contributed by atoms with Gasteiger partial charge < -0.3 is 10.1 Å². The summed E-state index contributed by atoms with van der Waals surface area (Å²) in [5, 5.41) is 3.48. The molecule has 1 N–H and O–H groups in total. The lowest BCUT2D eigenvalue weighted by Gasteiger charge is -2.19. The minimum absolute atomic E-state index is 0.555. The van der Waals surface area contributed by atoms with Crippen molar-refractivity contribution in [1.82, 2.24) is 5.32 Å². The summed E-state index contributed by atoms with van der Waals surface area (Å²) < 4.78 is 6.51. The molecular weight excluding hydrogens is 314 g/mol. The Balaban J connectivity index is 1.91. The van der Waals surface area contributed by atoms with Crippen LogP contribution in [0.1, 0.15) is 44.1 Å². The van der Waals surface area contributed by atoms with Gasteiger partial charge in [0.15, 0.2) is 0 Å². The molecule has 1 aliphatic rings. The number of benzene rings is 1. The number of hydrogen-bond acceptors (Lipinski definition) is 2. The molecule has 0 aliphatic heterocycles. The van der Waals surface area contributed by atoms with Crippen LogP contribution in [0.3, 0.4) is 0 Å². The average Bonchev–Trinajstić information content (AvgIpc) is 2.98. The lowest BCUT2D eigenvalue weighted by molar-refractivity contribution is 0.409. The fourth-order valence-electron chi connectivity index (χ4n) is 3.18. The summed E-state index contributed by atoms with van der Waals surface area (Å²) in [6, 6.07) is 6.78. The number of ether oxygens (including phenoxy) is 1. The molecule has 3 heteroatoms. The highest BCUT2D eigenvalue weighted by atomic mass is 79.9. The van der Waals surface area contributed by atoms with E-state index < -0.39 is 0 Å². The summed E-state index contributed by atoms with van der Waals surface area (Å²) in [4.78, 5) is 0. The first-order chi connectivity index (χ1) is 9.72. The van der Waals surface area contributed by atoms with E-state index in [0.29, 0.717) is 6.04 Å². The van der Waals surface area contributed by atoms with Crippen molar-refractivity contribution < 1.29 is 4.74 Å². The monoisotopic (exact) mass is 339 g/mol. The van der Waals surface area contributed by atoms with Crippen LogP contribution in [0.4, 0.5) is 0 Å². The Morgan fingerprint density at radius 3 is 2.75 bits per heavy atom. The molecule has 20 heavy (non-hydrogen) atoms. The molecule has 1 fully saturated rings. The van der Waals surface area contributed by atoms with E-state index in [2.05, 4.69) is 40.4 Å². The highest BCUT2D eigenvalue weighted by Crippen LogP contribution is 2.30. The molecule has 1 aromatic carbocycles. The fraction of sp³-hybridized carbons (Fsp3) is 0.647. The number of methoxy groups -OCH3 is 1. The van der Waals surface area contributed by atoms with Gasteiger partial charge in [-0.15, -0.1) is 0 Å². The van der Waals surface area contributed by atoms with Gasteiger partial charge in [0.1, 0.15) is 5.75 Å². The number of rotatable bonds is 7. The Kier molecular flexibility index (Phi) is 6.37. The van der Waals surface area contributed by atoms with Crippen LogP contribution in [0.5, 0.6) is 5.75 Å². The van der Waals surface area contributed by atoms with Crippen LogP contribution in [-0.4, -0.2) is 20.2 Å². The SMILES string of the molecule is CNC(CCC1CCCC1)Cc1cc(OC)ccc1Br. The van der Waals surface area contributed by atoms with E-state index >= 15 is 0 Å². The number of likely N-dealkylation sites (N-methyl/N-ethyl adjacent to an activating group) is 1. The predicted octanol–water partition coefficient (Wildman–Crippen LogP) is 4.56. The van der Waals surface area contributed by atoms with Gasteiger partial charge in [0.2, 0.25) is 0 Å². The Hall–Kier alpha value is -0.540. The van der Waals surface area contributed by atoms with Crippen molar-refractivity contribution in [3.05, 3.63) is 28.2 Å². The zero-order valence-corrected chi connectivity index (χ0v) is 14.2. The molecule has 1 aliphatic carbocycles. The van der Waals surface area contributed by atoms with Crippen molar-refractivity contribution in [2.24, 2.45) is 5.92 Å². The van der Waals surface area contributed by atoms with Gasteiger partial charge in [0, 0.05) is 10.5 Å². The second-order valence-electron chi connectivity index (χ2n) is 5.87. The number of hydrogen-bond donors (Lipinski definition) is 1. The summed E-state index contributed by atoms with van der Waals surface area (Å²) in [5.74, 6) is 1.91. The van der Waals surface area contributed by atoms with Crippen LogP contribution in [0.15, 0.2) is 22.7 Å². The molecule has 0 saturated heterocycles. The molecule has 2 nitrogen and oxygen atoms in total. The normalized spacial score (nSPS) is 17.4. The van der Waals surface area contributed by atoms with Gasteiger partial charge in [0.05, 0.1) is 7.11 Å². The highest BCUT2D eigenvalue weighted by molar-refractivity contribution is 9.10. The predicted molar refractivity (Wildman–Crippen MR) is 88.4 cm³/mol. The second-order valence-corrected chi connectivity index (χ2v) is 6.73. The van der Waals surface area contributed by atoms with Crippen LogP contribution >= 0.6 is 15.9 Å². The zero-order chi connectivity index (χ0) is 14.4. The molecule has 0 aromatic heterocycles. The van der Waals surface area contributed by atoms with Gasteiger partial charge in [-0.1, -0.05) is 41.6 Å². The van der Waals surface area contributed by atoms with Gasteiger partial charge >= 0.3 is 0 Å².